The molecule has 0 bridgehead atoms. The van der Waals surface area contributed by atoms with Gasteiger partial charge in [-0.2, -0.15) is 0 Å². The summed E-state index contributed by atoms with van der Waals surface area (Å²) < 4.78 is 0. The lowest BCUT2D eigenvalue weighted by Crippen LogP contribution is -1.97. The quantitative estimate of drug-likeness (QED) is 0.658. The lowest BCUT2D eigenvalue weighted by atomic mass is 9.94. The van der Waals surface area contributed by atoms with Crippen LogP contribution in [0.5, 0.6) is 11.5 Å². The van der Waals surface area contributed by atoms with E-state index in [1.54, 1.807) is 12.1 Å². The summed E-state index contributed by atoms with van der Waals surface area (Å²) in [7, 11) is 0. The molecule has 0 fully saturated rings. The first-order valence-electron chi connectivity index (χ1n) is 8.60. The molecule has 26 heavy (non-hydrogen) atoms. The normalized spacial score (nSPS) is 10.7. The van der Waals surface area contributed by atoms with E-state index in [2.05, 4.69) is 0 Å². The van der Waals surface area contributed by atoms with Crippen molar-refractivity contribution in [2.24, 2.45) is 0 Å². The van der Waals surface area contributed by atoms with Crippen molar-refractivity contribution in [3.63, 3.8) is 0 Å². The minimum Gasteiger partial charge on any atom is -0.508 e. The Morgan fingerprint density at radius 2 is 1.50 bits per heavy atom. The van der Waals surface area contributed by atoms with Crippen molar-refractivity contribution in [1.29, 1.82) is 0 Å². The third-order valence-corrected chi connectivity index (χ3v) is 4.55. The Hall–Kier alpha value is -3.07. The number of aromatic hydroxyl groups is 2. The van der Waals surface area contributed by atoms with Crippen LogP contribution in [0, 0.1) is 13.8 Å². The summed E-state index contributed by atoms with van der Waals surface area (Å²) >= 11 is 0. The summed E-state index contributed by atoms with van der Waals surface area (Å²) in [5.41, 5.74) is 6.26. The molecule has 0 saturated heterocycles. The predicted octanol–water partition coefficient (Wildman–Crippen LogP) is 4.71. The van der Waals surface area contributed by atoms with Crippen molar-refractivity contribution >= 4 is 6.29 Å². The van der Waals surface area contributed by atoms with Gasteiger partial charge >= 0.3 is 0 Å². The predicted molar refractivity (Wildman–Crippen MR) is 103 cm³/mol. The van der Waals surface area contributed by atoms with Gasteiger partial charge in [-0.25, -0.2) is 0 Å². The van der Waals surface area contributed by atoms with E-state index in [-0.39, 0.29) is 11.5 Å². The number of carbonyl (C=O) groups is 1. The Kier molecular flexibility index (Phi) is 5.08. The van der Waals surface area contributed by atoms with Crippen molar-refractivity contribution < 1.29 is 15.0 Å². The van der Waals surface area contributed by atoms with Crippen molar-refractivity contribution in [1.82, 2.24) is 0 Å². The fourth-order valence-corrected chi connectivity index (χ4v) is 3.25. The number of aryl methyl sites for hydroxylation is 2. The Balaban J connectivity index is 1.92. The average molecular weight is 346 g/mol. The largest absolute Gasteiger partial charge is 0.508 e. The molecule has 0 atom stereocenters. The lowest BCUT2D eigenvalue weighted by Gasteiger charge is -2.13. The standard InChI is InChI=1S/C23H22O3/c1-15-8-20(12-17-4-3-5-19(11-17)14-24)23(26)21(9-15)13-18-6-7-22(25)16(2)10-18/h3-11,14,25-26H,12-13H2,1-2H3. The van der Waals surface area contributed by atoms with E-state index in [1.807, 2.05) is 56.3 Å². The van der Waals surface area contributed by atoms with Gasteiger partial charge in [-0.15, -0.1) is 0 Å². The monoisotopic (exact) mass is 346 g/mol. The molecule has 3 aromatic rings. The molecule has 0 aliphatic carbocycles. The third kappa shape index (κ3) is 3.94. The number of benzene rings is 3. The first kappa shape index (κ1) is 17.7. The molecule has 0 unspecified atom stereocenters. The molecule has 3 aromatic carbocycles. The van der Waals surface area contributed by atoms with Crippen LogP contribution in [0.15, 0.2) is 54.6 Å². The fourth-order valence-electron chi connectivity index (χ4n) is 3.25. The number of rotatable bonds is 5. The van der Waals surface area contributed by atoms with E-state index < -0.39 is 0 Å². The van der Waals surface area contributed by atoms with Gasteiger partial charge in [0.05, 0.1) is 0 Å². The molecule has 0 radical (unpaired) electrons. The fraction of sp³-hybridized carbons (Fsp3) is 0.174. The Bertz CT molecular complexity index is 958. The van der Waals surface area contributed by atoms with E-state index in [1.165, 1.54) is 0 Å². The van der Waals surface area contributed by atoms with Crippen LogP contribution < -0.4 is 0 Å². The van der Waals surface area contributed by atoms with E-state index >= 15 is 0 Å². The van der Waals surface area contributed by atoms with Crippen LogP contribution in [0.3, 0.4) is 0 Å². The summed E-state index contributed by atoms with van der Waals surface area (Å²) in [6, 6.07) is 16.9. The zero-order chi connectivity index (χ0) is 18.7. The van der Waals surface area contributed by atoms with Gasteiger partial charge in [0.25, 0.3) is 0 Å². The highest BCUT2D eigenvalue weighted by atomic mass is 16.3. The van der Waals surface area contributed by atoms with Crippen molar-refractivity contribution in [2.45, 2.75) is 26.7 Å². The third-order valence-electron chi connectivity index (χ3n) is 4.55. The van der Waals surface area contributed by atoms with Crippen molar-refractivity contribution in [2.75, 3.05) is 0 Å². The minimum absolute atomic E-state index is 0.276. The number of hydrogen-bond acceptors (Lipinski definition) is 3. The highest BCUT2D eigenvalue weighted by Crippen LogP contribution is 2.30. The van der Waals surface area contributed by atoms with Gasteiger partial charge in [-0.05, 0) is 53.8 Å². The molecule has 3 heteroatoms. The van der Waals surface area contributed by atoms with Crippen LogP contribution in [0.1, 0.15) is 43.7 Å². The van der Waals surface area contributed by atoms with Gasteiger partial charge in [-0.3, -0.25) is 4.79 Å². The van der Waals surface area contributed by atoms with Crippen LogP contribution in [0.25, 0.3) is 0 Å². The number of carbonyl (C=O) groups excluding carboxylic acids is 1. The molecule has 0 aliphatic rings. The molecule has 0 aliphatic heterocycles. The van der Waals surface area contributed by atoms with Gasteiger partial charge in [0, 0.05) is 18.4 Å². The minimum atomic E-state index is 0.276. The Morgan fingerprint density at radius 3 is 2.12 bits per heavy atom. The zero-order valence-electron chi connectivity index (χ0n) is 15.0. The highest BCUT2D eigenvalue weighted by molar-refractivity contribution is 5.75. The van der Waals surface area contributed by atoms with Crippen molar-refractivity contribution in [3.05, 3.63) is 93.5 Å². The van der Waals surface area contributed by atoms with E-state index in [0.717, 1.165) is 39.7 Å². The maximum Gasteiger partial charge on any atom is 0.150 e. The maximum absolute atomic E-state index is 11.0. The van der Waals surface area contributed by atoms with Crippen molar-refractivity contribution in [3.8, 4) is 11.5 Å². The van der Waals surface area contributed by atoms with Gasteiger partial charge in [0.15, 0.2) is 0 Å². The summed E-state index contributed by atoms with van der Waals surface area (Å²) in [4.78, 5) is 11.0. The number of phenolic OH excluding ortho intramolecular Hbond substituents is 2. The molecule has 3 nitrogen and oxygen atoms in total. The van der Waals surface area contributed by atoms with Gasteiger partial charge in [0.2, 0.25) is 0 Å². The van der Waals surface area contributed by atoms with Crippen LogP contribution in [-0.2, 0) is 12.8 Å². The molecule has 2 N–H and O–H groups in total. The van der Waals surface area contributed by atoms with E-state index in [9.17, 15) is 15.0 Å². The smallest absolute Gasteiger partial charge is 0.150 e. The Morgan fingerprint density at radius 1 is 0.846 bits per heavy atom. The van der Waals surface area contributed by atoms with E-state index in [4.69, 9.17) is 0 Å². The molecule has 0 amide bonds. The Labute approximate surface area is 153 Å². The van der Waals surface area contributed by atoms with Crippen LogP contribution in [0.4, 0.5) is 0 Å². The number of phenols is 2. The van der Waals surface area contributed by atoms with Gasteiger partial charge < -0.3 is 10.2 Å². The number of aldehydes is 1. The summed E-state index contributed by atoms with van der Waals surface area (Å²) in [6.45, 7) is 3.87. The molecular weight excluding hydrogens is 324 g/mol. The van der Waals surface area contributed by atoms with Crippen LogP contribution in [0.2, 0.25) is 0 Å². The molecule has 132 valence electrons. The second kappa shape index (κ2) is 7.44. The molecule has 0 heterocycles. The topological polar surface area (TPSA) is 57.5 Å². The highest BCUT2D eigenvalue weighted by Gasteiger charge is 2.11. The molecular formula is C23H22O3. The molecule has 3 rings (SSSR count). The second-order valence-corrected chi connectivity index (χ2v) is 6.77. The summed E-state index contributed by atoms with van der Waals surface area (Å²) in [5, 5.41) is 20.5. The molecule has 0 spiro atoms. The molecule has 0 saturated carbocycles. The lowest BCUT2D eigenvalue weighted by molar-refractivity contribution is 0.112. The SMILES string of the molecule is Cc1cc(Cc2cccc(C=O)c2)c(O)c(Cc2ccc(O)c(C)c2)c1. The average Bonchev–Trinajstić information content (AvgIpc) is 2.62. The summed E-state index contributed by atoms with van der Waals surface area (Å²) in [5.74, 6) is 0.566. The molecule has 0 aromatic heterocycles. The second-order valence-electron chi connectivity index (χ2n) is 6.77. The zero-order valence-corrected chi connectivity index (χ0v) is 15.0. The van der Waals surface area contributed by atoms with Gasteiger partial charge in [0.1, 0.15) is 17.8 Å². The van der Waals surface area contributed by atoms with Crippen LogP contribution >= 0.6 is 0 Å². The maximum atomic E-state index is 11.0. The summed E-state index contributed by atoms with van der Waals surface area (Å²) in [6.07, 6.45) is 1.99. The first-order chi connectivity index (χ1) is 12.5. The van der Waals surface area contributed by atoms with Crippen LogP contribution in [-0.4, -0.2) is 16.5 Å². The number of hydrogen-bond donors (Lipinski definition) is 2. The first-order valence-corrected chi connectivity index (χ1v) is 8.60. The van der Waals surface area contributed by atoms with E-state index in [0.29, 0.717) is 18.4 Å². The van der Waals surface area contributed by atoms with Gasteiger partial charge in [-0.1, -0.05) is 48.0 Å².